The van der Waals surface area contributed by atoms with E-state index in [4.69, 9.17) is 21.1 Å². The van der Waals surface area contributed by atoms with Crippen LogP contribution in [-0.4, -0.2) is 53.8 Å². The fraction of sp³-hybridized carbons (Fsp3) is 0.588. The summed E-state index contributed by atoms with van der Waals surface area (Å²) in [7, 11) is 0. The van der Waals surface area contributed by atoms with Gasteiger partial charge in [-0.3, -0.25) is 4.90 Å². The Balaban J connectivity index is 1.75. The Kier molecular flexibility index (Phi) is 5.37. The maximum Gasteiger partial charge on any atom is 0.410 e. The molecule has 0 aliphatic carbocycles. The lowest BCUT2D eigenvalue weighted by atomic mass is 10.1. The van der Waals surface area contributed by atoms with Crippen molar-refractivity contribution in [2.24, 2.45) is 0 Å². The van der Waals surface area contributed by atoms with Crippen molar-refractivity contribution < 1.29 is 18.7 Å². The fourth-order valence-corrected chi connectivity index (χ4v) is 3.67. The van der Waals surface area contributed by atoms with Gasteiger partial charge in [-0.05, 0) is 49.4 Å². The summed E-state index contributed by atoms with van der Waals surface area (Å²) in [6.07, 6.45) is -0.322. The summed E-state index contributed by atoms with van der Waals surface area (Å²) in [5, 5.41) is 0.395. The molecule has 2 aliphatic rings. The van der Waals surface area contributed by atoms with Gasteiger partial charge < -0.3 is 14.4 Å². The minimum absolute atomic E-state index is 0.00972. The fourth-order valence-electron chi connectivity index (χ4n) is 3.05. The van der Waals surface area contributed by atoms with E-state index in [0.717, 1.165) is 5.56 Å². The number of piperazine rings is 1. The molecule has 1 aromatic carbocycles. The molecular formula is C17H21ClFIN2O3. The van der Waals surface area contributed by atoms with Crippen LogP contribution in [0.25, 0.3) is 0 Å². The van der Waals surface area contributed by atoms with Gasteiger partial charge in [-0.15, -0.1) is 0 Å². The van der Waals surface area contributed by atoms with Gasteiger partial charge in [0.15, 0.2) is 11.6 Å². The second-order valence-corrected chi connectivity index (χ2v) is 8.82. The summed E-state index contributed by atoms with van der Waals surface area (Å²) < 4.78 is 26.0. The molecule has 5 nitrogen and oxygen atoms in total. The molecule has 1 atom stereocenters. The average molecular weight is 483 g/mol. The first-order chi connectivity index (χ1) is 11.7. The highest BCUT2D eigenvalue weighted by molar-refractivity contribution is 14.1. The van der Waals surface area contributed by atoms with E-state index < -0.39 is 11.4 Å². The van der Waals surface area contributed by atoms with Gasteiger partial charge in [0, 0.05) is 31.7 Å². The van der Waals surface area contributed by atoms with Crippen molar-refractivity contribution in [1.29, 1.82) is 0 Å². The third-order valence-electron chi connectivity index (χ3n) is 4.24. The molecule has 0 saturated carbocycles. The standard InChI is InChI=1S/C17H21ClFIN2O3/c1-17(2,3)25-16(23)22-5-4-21-7-10-6-12(18)14(20)13(19)15(10)24-9-11(21)8-22/h6,11H,4-5,7-9H2,1-3H3/t11-/m1/s1. The molecule has 25 heavy (non-hydrogen) atoms. The third kappa shape index (κ3) is 4.14. The molecule has 3 rings (SSSR count). The lowest BCUT2D eigenvalue weighted by Crippen LogP contribution is -2.56. The Morgan fingerprint density at radius 1 is 1.44 bits per heavy atom. The summed E-state index contributed by atoms with van der Waals surface area (Å²) in [4.78, 5) is 16.2. The maximum atomic E-state index is 14.5. The number of hydrogen-bond acceptors (Lipinski definition) is 4. The van der Waals surface area contributed by atoms with Crippen LogP contribution in [-0.2, 0) is 11.3 Å². The van der Waals surface area contributed by atoms with E-state index in [9.17, 15) is 9.18 Å². The number of hydrogen-bond donors (Lipinski definition) is 0. The van der Waals surface area contributed by atoms with Crippen LogP contribution in [0.3, 0.4) is 0 Å². The number of fused-ring (bicyclic) bond motifs is 2. The van der Waals surface area contributed by atoms with Crippen LogP contribution < -0.4 is 4.74 Å². The minimum Gasteiger partial charge on any atom is -0.488 e. The van der Waals surface area contributed by atoms with Crippen molar-refractivity contribution in [1.82, 2.24) is 9.80 Å². The second-order valence-electron chi connectivity index (χ2n) is 7.34. The van der Waals surface area contributed by atoms with E-state index in [-0.39, 0.29) is 17.9 Å². The van der Waals surface area contributed by atoms with Crippen molar-refractivity contribution in [3.05, 3.63) is 26.0 Å². The molecule has 0 unspecified atom stereocenters. The lowest BCUT2D eigenvalue weighted by Gasteiger charge is -2.40. The molecule has 0 spiro atoms. The molecule has 1 aromatic rings. The largest absolute Gasteiger partial charge is 0.488 e. The zero-order valence-electron chi connectivity index (χ0n) is 14.4. The molecule has 0 radical (unpaired) electrons. The van der Waals surface area contributed by atoms with Gasteiger partial charge in [0.05, 0.1) is 14.6 Å². The van der Waals surface area contributed by atoms with Crippen LogP contribution in [0.4, 0.5) is 9.18 Å². The highest BCUT2D eigenvalue weighted by Gasteiger charge is 2.35. The number of amides is 1. The molecule has 138 valence electrons. The van der Waals surface area contributed by atoms with Crippen LogP contribution >= 0.6 is 34.2 Å². The molecule has 1 fully saturated rings. The number of ether oxygens (including phenoxy) is 2. The number of carbonyl (C=O) groups is 1. The topological polar surface area (TPSA) is 42.0 Å². The average Bonchev–Trinajstić information content (AvgIpc) is 2.69. The Bertz CT molecular complexity index is 695. The highest BCUT2D eigenvalue weighted by Crippen LogP contribution is 2.36. The first kappa shape index (κ1) is 19.0. The minimum atomic E-state index is -0.527. The van der Waals surface area contributed by atoms with Gasteiger partial charge >= 0.3 is 6.09 Å². The quantitative estimate of drug-likeness (QED) is 0.416. The highest BCUT2D eigenvalue weighted by atomic mass is 127. The Labute approximate surface area is 165 Å². The van der Waals surface area contributed by atoms with Crippen molar-refractivity contribution >= 4 is 40.3 Å². The Morgan fingerprint density at radius 2 is 2.16 bits per heavy atom. The normalized spacial score (nSPS) is 21.0. The smallest absolute Gasteiger partial charge is 0.410 e. The van der Waals surface area contributed by atoms with E-state index in [1.807, 2.05) is 43.4 Å². The third-order valence-corrected chi connectivity index (χ3v) is 5.92. The molecule has 8 heteroatoms. The SMILES string of the molecule is CC(C)(C)OC(=O)N1CCN2Cc3cc(Cl)c(I)c(F)c3OC[C@H]2C1. The van der Waals surface area contributed by atoms with Gasteiger partial charge in [-0.1, -0.05) is 11.6 Å². The van der Waals surface area contributed by atoms with E-state index >= 15 is 0 Å². The number of benzene rings is 1. The summed E-state index contributed by atoms with van der Waals surface area (Å²) in [6, 6.07) is 1.76. The lowest BCUT2D eigenvalue weighted by molar-refractivity contribution is -0.00164. The summed E-state index contributed by atoms with van der Waals surface area (Å²) in [6.45, 7) is 8.16. The van der Waals surface area contributed by atoms with E-state index in [0.29, 0.717) is 41.4 Å². The van der Waals surface area contributed by atoms with Gasteiger partial charge in [0.2, 0.25) is 0 Å². The zero-order valence-corrected chi connectivity index (χ0v) is 17.4. The van der Waals surface area contributed by atoms with Gasteiger partial charge in [-0.25, -0.2) is 9.18 Å². The van der Waals surface area contributed by atoms with Crippen molar-refractivity contribution in [3.63, 3.8) is 0 Å². The zero-order chi connectivity index (χ0) is 18.4. The number of halogens is 3. The van der Waals surface area contributed by atoms with Crippen LogP contribution in [0.1, 0.15) is 26.3 Å². The molecule has 0 bridgehead atoms. The second kappa shape index (κ2) is 7.08. The van der Waals surface area contributed by atoms with E-state index in [1.54, 1.807) is 11.0 Å². The molecule has 0 N–H and O–H groups in total. The molecule has 0 aromatic heterocycles. The molecule has 2 aliphatic heterocycles. The molecule has 1 amide bonds. The molecule has 1 saturated heterocycles. The summed E-state index contributed by atoms with van der Waals surface area (Å²) in [5.41, 5.74) is 0.220. The summed E-state index contributed by atoms with van der Waals surface area (Å²) in [5.74, 6) is -0.140. The monoisotopic (exact) mass is 482 g/mol. The number of nitrogens with zero attached hydrogens (tertiary/aromatic N) is 2. The Morgan fingerprint density at radius 3 is 2.84 bits per heavy atom. The van der Waals surface area contributed by atoms with Crippen LogP contribution in [0.5, 0.6) is 5.75 Å². The van der Waals surface area contributed by atoms with Gasteiger partial charge in [0.25, 0.3) is 0 Å². The van der Waals surface area contributed by atoms with Gasteiger partial charge in [0.1, 0.15) is 12.2 Å². The first-order valence-electron chi connectivity index (χ1n) is 8.17. The van der Waals surface area contributed by atoms with Crippen LogP contribution in [0, 0.1) is 9.39 Å². The molecule has 2 heterocycles. The predicted octanol–water partition coefficient (Wildman–Crippen LogP) is 3.90. The summed E-state index contributed by atoms with van der Waals surface area (Å²) >= 11 is 8.00. The number of carbonyl (C=O) groups excluding carboxylic acids is 1. The van der Waals surface area contributed by atoms with E-state index in [2.05, 4.69) is 4.90 Å². The Hall–Kier alpha value is -0.800. The van der Waals surface area contributed by atoms with Crippen molar-refractivity contribution in [2.45, 2.75) is 39.0 Å². The van der Waals surface area contributed by atoms with Crippen LogP contribution in [0.15, 0.2) is 6.07 Å². The van der Waals surface area contributed by atoms with Crippen molar-refractivity contribution in [2.75, 3.05) is 26.2 Å². The maximum absolute atomic E-state index is 14.5. The number of rotatable bonds is 0. The predicted molar refractivity (Wildman–Crippen MR) is 102 cm³/mol. The molecular weight excluding hydrogens is 462 g/mol. The van der Waals surface area contributed by atoms with E-state index in [1.165, 1.54) is 0 Å². The van der Waals surface area contributed by atoms with Gasteiger partial charge in [-0.2, -0.15) is 0 Å². The van der Waals surface area contributed by atoms with Crippen LogP contribution in [0.2, 0.25) is 5.02 Å². The van der Waals surface area contributed by atoms with Crippen molar-refractivity contribution in [3.8, 4) is 5.75 Å². The first-order valence-corrected chi connectivity index (χ1v) is 9.62.